The summed E-state index contributed by atoms with van der Waals surface area (Å²) in [6, 6.07) is 0. The summed E-state index contributed by atoms with van der Waals surface area (Å²) in [6.45, 7) is 8.72. The number of hydrogen-bond acceptors (Lipinski definition) is 1. The molecule has 0 rings (SSSR count). The van der Waals surface area contributed by atoms with Gasteiger partial charge in [0.1, 0.15) is 6.10 Å². The Labute approximate surface area is 121 Å². The van der Waals surface area contributed by atoms with Crippen LogP contribution in [0.1, 0.15) is 91.9 Å². The molecule has 19 heavy (non-hydrogen) atoms. The van der Waals surface area contributed by atoms with Crippen molar-refractivity contribution in [3.8, 4) is 11.8 Å². The predicted molar refractivity (Wildman–Crippen MR) is 85.1 cm³/mol. The van der Waals surface area contributed by atoms with Gasteiger partial charge in [-0.15, -0.1) is 5.92 Å². The molecule has 1 nitrogen and oxygen atoms in total. The molecule has 0 aliphatic rings. The van der Waals surface area contributed by atoms with Crippen molar-refractivity contribution >= 4 is 0 Å². The highest BCUT2D eigenvalue weighted by Gasteiger charge is 2.31. The van der Waals surface area contributed by atoms with Crippen LogP contribution in [-0.2, 0) is 0 Å². The highest BCUT2D eigenvalue weighted by molar-refractivity contribution is 5.09. The zero-order chi connectivity index (χ0) is 14.6. The molecule has 0 bridgehead atoms. The fraction of sp³-hybridized carbons (Fsp3) is 0.889. The van der Waals surface area contributed by atoms with E-state index >= 15 is 0 Å². The van der Waals surface area contributed by atoms with Crippen molar-refractivity contribution in [2.24, 2.45) is 5.41 Å². The van der Waals surface area contributed by atoms with Crippen molar-refractivity contribution in [1.82, 2.24) is 0 Å². The van der Waals surface area contributed by atoms with E-state index in [4.69, 9.17) is 0 Å². The Morgan fingerprint density at radius 3 is 1.89 bits per heavy atom. The zero-order valence-corrected chi connectivity index (χ0v) is 13.6. The lowest BCUT2D eigenvalue weighted by atomic mass is 9.75. The Bertz CT molecular complexity index is 246. The van der Waals surface area contributed by atoms with E-state index in [1.807, 2.05) is 0 Å². The Kier molecular flexibility index (Phi) is 11.1. The molecule has 0 aromatic rings. The third-order valence-corrected chi connectivity index (χ3v) is 4.59. The van der Waals surface area contributed by atoms with Crippen LogP contribution in [0.2, 0.25) is 0 Å². The Morgan fingerprint density at radius 1 is 0.842 bits per heavy atom. The minimum atomic E-state index is -0.451. The van der Waals surface area contributed by atoms with E-state index in [9.17, 15) is 5.11 Å². The number of unbranched alkanes of at least 4 members (excludes halogenated alkanes) is 6. The number of aliphatic hydroxyl groups excluding tert-OH is 1. The van der Waals surface area contributed by atoms with Crippen molar-refractivity contribution in [3.63, 3.8) is 0 Å². The average Bonchev–Trinajstić information content (AvgIpc) is 2.44. The lowest BCUT2D eigenvalue weighted by molar-refractivity contribution is 0.0570. The van der Waals surface area contributed by atoms with Crippen molar-refractivity contribution < 1.29 is 5.11 Å². The van der Waals surface area contributed by atoms with Crippen LogP contribution in [0.4, 0.5) is 0 Å². The lowest BCUT2D eigenvalue weighted by Crippen LogP contribution is -2.32. The van der Waals surface area contributed by atoms with Gasteiger partial charge >= 0.3 is 0 Å². The summed E-state index contributed by atoms with van der Waals surface area (Å²) in [7, 11) is 0. The molecule has 0 amide bonds. The van der Waals surface area contributed by atoms with E-state index in [0.717, 1.165) is 25.7 Å². The van der Waals surface area contributed by atoms with Crippen molar-refractivity contribution in [3.05, 3.63) is 0 Å². The second-order valence-corrected chi connectivity index (χ2v) is 5.66. The van der Waals surface area contributed by atoms with Gasteiger partial charge in [0, 0.05) is 11.8 Å². The molecule has 0 saturated carbocycles. The van der Waals surface area contributed by atoms with E-state index in [2.05, 4.69) is 39.5 Å². The second-order valence-electron chi connectivity index (χ2n) is 5.66. The summed E-state index contributed by atoms with van der Waals surface area (Å²) in [5.74, 6) is 6.27. The fourth-order valence-electron chi connectivity index (χ4n) is 2.65. The van der Waals surface area contributed by atoms with Gasteiger partial charge in [-0.2, -0.15) is 0 Å². The topological polar surface area (TPSA) is 20.2 Å². The van der Waals surface area contributed by atoms with Gasteiger partial charge in [-0.1, -0.05) is 65.7 Å². The molecule has 0 spiro atoms. The van der Waals surface area contributed by atoms with Crippen LogP contribution in [-0.4, -0.2) is 11.2 Å². The van der Waals surface area contributed by atoms with Crippen molar-refractivity contribution in [2.45, 2.75) is 98.0 Å². The monoisotopic (exact) mass is 266 g/mol. The number of rotatable bonds is 10. The van der Waals surface area contributed by atoms with Crippen LogP contribution in [0.25, 0.3) is 0 Å². The highest BCUT2D eigenvalue weighted by Crippen LogP contribution is 2.34. The summed E-state index contributed by atoms with van der Waals surface area (Å²) in [6.07, 6.45) is 11.3. The van der Waals surface area contributed by atoms with Crippen LogP contribution < -0.4 is 0 Å². The average molecular weight is 266 g/mol. The molecule has 0 aromatic carbocycles. The molecule has 0 unspecified atom stereocenters. The van der Waals surface area contributed by atoms with Gasteiger partial charge in [0.05, 0.1) is 0 Å². The summed E-state index contributed by atoms with van der Waals surface area (Å²) in [5.41, 5.74) is 0.00806. The molecular weight excluding hydrogens is 232 g/mol. The zero-order valence-electron chi connectivity index (χ0n) is 13.6. The maximum Gasteiger partial charge on any atom is 0.120 e. The lowest BCUT2D eigenvalue weighted by Gasteiger charge is -2.32. The van der Waals surface area contributed by atoms with E-state index in [-0.39, 0.29) is 5.41 Å². The Balaban J connectivity index is 3.93. The minimum Gasteiger partial charge on any atom is -0.380 e. The van der Waals surface area contributed by atoms with Gasteiger partial charge in [-0.25, -0.2) is 0 Å². The summed E-state index contributed by atoms with van der Waals surface area (Å²) >= 11 is 0. The molecule has 1 atom stereocenters. The predicted octanol–water partition coefficient (Wildman–Crippen LogP) is 5.32. The smallest absolute Gasteiger partial charge is 0.120 e. The van der Waals surface area contributed by atoms with Crippen LogP contribution in [0.3, 0.4) is 0 Å². The standard InChI is InChI=1S/C18H34O/c1-5-9-10-11-12-13-14-15-16-17(19)18(6-2,7-3)8-4/h17,19H,5-14H2,1-4H3/t17-/m0/s1. The molecule has 0 aromatic heterocycles. The van der Waals surface area contributed by atoms with Gasteiger partial charge in [-0.3, -0.25) is 0 Å². The summed E-state index contributed by atoms with van der Waals surface area (Å²) in [5, 5.41) is 10.3. The van der Waals surface area contributed by atoms with Crippen molar-refractivity contribution in [1.29, 1.82) is 0 Å². The number of hydrogen-bond donors (Lipinski definition) is 1. The molecule has 0 radical (unpaired) electrons. The van der Waals surface area contributed by atoms with E-state index in [0.29, 0.717) is 0 Å². The second kappa shape index (κ2) is 11.4. The van der Waals surface area contributed by atoms with Gasteiger partial charge in [0.25, 0.3) is 0 Å². The maximum absolute atomic E-state index is 10.3. The molecule has 112 valence electrons. The minimum absolute atomic E-state index is 0.00806. The molecular formula is C18H34O. The maximum atomic E-state index is 10.3. The first kappa shape index (κ1) is 18.5. The Hall–Kier alpha value is -0.480. The van der Waals surface area contributed by atoms with Crippen LogP contribution in [0.5, 0.6) is 0 Å². The fourth-order valence-corrected chi connectivity index (χ4v) is 2.65. The SMILES string of the molecule is CCCCCCCCC#C[C@H](O)C(CC)(CC)CC. The molecule has 0 heterocycles. The van der Waals surface area contributed by atoms with Gasteiger partial charge < -0.3 is 5.11 Å². The van der Waals surface area contributed by atoms with Crippen LogP contribution in [0.15, 0.2) is 0 Å². The van der Waals surface area contributed by atoms with E-state index in [1.165, 1.54) is 38.5 Å². The third-order valence-electron chi connectivity index (χ3n) is 4.59. The molecule has 0 aliphatic heterocycles. The molecule has 0 aliphatic carbocycles. The van der Waals surface area contributed by atoms with Gasteiger partial charge in [0.2, 0.25) is 0 Å². The van der Waals surface area contributed by atoms with Crippen LogP contribution in [0, 0.1) is 17.3 Å². The van der Waals surface area contributed by atoms with Gasteiger partial charge in [0.15, 0.2) is 0 Å². The summed E-state index contributed by atoms with van der Waals surface area (Å²) in [4.78, 5) is 0. The molecule has 0 saturated heterocycles. The van der Waals surface area contributed by atoms with Crippen molar-refractivity contribution in [2.75, 3.05) is 0 Å². The Morgan fingerprint density at radius 2 is 1.37 bits per heavy atom. The van der Waals surface area contributed by atoms with E-state index < -0.39 is 6.10 Å². The third kappa shape index (κ3) is 7.02. The largest absolute Gasteiger partial charge is 0.380 e. The van der Waals surface area contributed by atoms with Crippen LogP contribution >= 0.6 is 0 Å². The normalized spacial score (nSPS) is 12.9. The molecule has 1 N–H and O–H groups in total. The summed E-state index contributed by atoms with van der Waals surface area (Å²) < 4.78 is 0. The first-order valence-corrected chi connectivity index (χ1v) is 8.33. The first-order valence-electron chi connectivity index (χ1n) is 8.33. The highest BCUT2D eigenvalue weighted by atomic mass is 16.3. The van der Waals surface area contributed by atoms with Gasteiger partial charge in [-0.05, 0) is 25.7 Å². The quantitative estimate of drug-likeness (QED) is 0.419. The number of aliphatic hydroxyl groups is 1. The first-order chi connectivity index (χ1) is 9.16. The molecule has 1 heteroatoms. The van der Waals surface area contributed by atoms with E-state index in [1.54, 1.807) is 0 Å². The molecule has 0 fully saturated rings.